The lowest BCUT2D eigenvalue weighted by Crippen LogP contribution is -2.20. The standard InChI is InChI=1S/C12H13N5O6P2/c18-24(19,20)12(25(21,22)23)14-11-6-8(3-4-13-11)7-1-2-9-10(5-7)16-17-15-9/h1-6,12H,(H,13,14)(H,15,16,17)(H2,18,19,20)(H2,21,22,23). The number of hydrogen-bond donors (Lipinski definition) is 6. The molecular weight excluding hydrogens is 372 g/mol. The average molecular weight is 385 g/mol. The van der Waals surface area contributed by atoms with Crippen molar-refractivity contribution in [1.29, 1.82) is 0 Å². The Morgan fingerprint density at radius 2 is 1.56 bits per heavy atom. The third-order valence-corrected chi connectivity index (χ3v) is 6.66. The molecule has 0 aliphatic rings. The van der Waals surface area contributed by atoms with E-state index in [1.807, 2.05) is 0 Å². The molecule has 132 valence electrons. The Labute approximate surface area is 140 Å². The van der Waals surface area contributed by atoms with Crippen molar-refractivity contribution in [1.82, 2.24) is 20.4 Å². The molecule has 0 aliphatic carbocycles. The number of nitrogens with zero attached hydrogens (tertiary/aromatic N) is 3. The van der Waals surface area contributed by atoms with E-state index in [9.17, 15) is 9.13 Å². The van der Waals surface area contributed by atoms with E-state index in [4.69, 9.17) is 19.6 Å². The molecule has 1 aromatic carbocycles. The molecule has 11 nitrogen and oxygen atoms in total. The van der Waals surface area contributed by atoms with Crippen LogP contribution in [-0.4, -0.2) is 45.5 Å². The van der Waals surface area contributed by atoms with E-state index in [-0.39, 0.29) is 5.82 Å². The molecule has 25 heavy (non-hydrogen) atoms. The lowest BCUT2D eigenvalue weighted by molar-refractivity contribution is 0.343. The van der Waals surface area contributed by atoms with E-state index in [0.717, 1.165) is 5.56 Å². The van der Waals surface area contributed by atoms with Crippen molar-refractivity contribution in [3.05, 3.63) is 36.5 Å². The first-order valence-electron chi connectivity index (χ1n) is 6.78. The maximum Gasteiger partial charge on any atom is 0.360 e. The molecular formula is C12H13N5O6P2. The fourth-order valence-electron chi connectivity index (χ4n) is 2.21. The Morgan fingerprint density at radius 1 is 0.920 bits per heavy atom. The maximum atomic E-state index is 11.3. The van der Waals surface area contributed by atoms with Gasteiger partial charge in [-0.25, -0.2) is 4.98 Å². The van der Waals surface area contributed by atoms with E-state index < -0.39 is 20.7 Å². The zero-order valence-electron chi connectivity index (χ0n) is 12.4. The highest BCUT2D eigenvalue weighted by atomic mass is 31.2. The zero-order chi connectivity index (χ0) is 18.2. The Bertz CT molecular complexity index is 990. The van der Waals surface area contributed by atoms with Gasteiger partial charge in [-0.15, -0.1) is 0 Å². The second-order valence-electron chi connectivity index (χ2n) is 5.15. The number of pyridine rings is 1. The van der Waals surface area contributed by atoms with Gasteiger partial charge in [0.25, 0.3) is 0 Å². The third-order valence-electron chi connectivity index (χ3n) is 3.32. The fraction of sp³-hybridized carbons (Fsp3) is 0.0833. The number of fused-ring (bicyclic) bond motifs is 1. The van der Waals surface area contributed by atoms with Gasteiger partial charge in [0, 0.05) is 6.20 Å². The minimum Gasteiger partial charge on any atom is -0.346 e. The van der Waals surface area contributed by atoms with Crippen LogP contribution < -0.4 is 5.32 Å². The van der Waals surface area contributed by atoms with Crippen LogP contribution in [0.3, 0.4) is 0 Å². The molecule has 6 N–H and O–H groups in total. The van der Waals surface area contributed by atoms with Gasteiger partial charge in [-0.3, -0.25) is 9.13 Å². The number of aromatic amines is 1. The van der Waals surface area contributed by atoms with Crippen LogP contribution in [0.5, 0.6) is 0 Å². The minimum atomic E-state index is -5.11. The molecule has 13 heteroatoms. The SMILES string of the molecule is O=P(O)(O)C(Nc1cc(-c2ccc3n[nH]nc3c2)ccn1)P(=O)(O)O. The number of anilines is 1. The Balaban J connectivity index is 1.95. The minimum absolute atomic E-state index is 0.0885. The molecule has 0 saturated carbocycles. The van der Waals surface area contributed by atoms with Gasteiger partial charge in [-0.2, -0.15) is 15.4 Å². The summed E-state index contributed by atoms with van der Waals surface area (Å²) >= 11 is 0. The largest absolute Gasteiger partial charge is 0.360 e. The Hall–Kier alpha value is -2.13. The molecule has 0 aliphatic heterocycles. The summed E-state index contributed by atoms with van der Waals surface area (Å²) < 4.78 is 22.7. The quantitative estimate of drug-likeness (QED) is 0.348. The lowest BCUT2D eigenvalue weighted by Gasteiger charge is -2.21. The maximum absolute atomic E-state index is 11.3. The van der Waals surface area contributed by atoms with Crippen LogP contribution >= 0.6 is 15.2 Å². The van der Waals surface area contributed by atoms with Gasteiger partial charge >= 0.3 is 15.2 Å². The molecule has 3 aromatic rings. The predicted molar refractivity (Wildman–Crippen MR) is 88.6 cm³/mol. The number of H-pyrrole nitrogens is 1. The van der Waals surface area contributed by atoms with Crippen molar-refractivity contribution in [3.63, 3.8) is 0 Å². The molecule has 0 atom stereocenters. The normalized spacial score (nSPS) is 12.7. The van der Waals surface area contributed by atoms with Crippen LogP contribution in [0.2, 0.25) is 0 Å². The van der Waals surface area contributed by atoms with Crippen molar-refractivity contribution >= 4 is 32.0 Å². The summed E-state index contributed by atoms with van der Waals surface area (Å²) in [5, 5.41) is 12.5. The van der Waals surface area contributed by atoms with E-state index in [2.05, 4.69) is 25.7 Å². The smallest absolute Gasteiger partial charge is 0.346 e. The van der Waals surface area contributed by atoms with Gasteiger partial charge in [0.15, 0.2) is 0 Å². The predicted octanol–water partition coefficient (Wildman–Crippen LogP) is 1.07. The van der Waals surface area contributed by atoms with Crippen molar-refractivity contribution in [2.45, 2.75) is 5.52 Å². The highest BCUT2D eigenvalue weighted by Crippen LogP contribution is 2.59. The summed E-state index contributed by atoms with van der Waals surface area (Å²) in [5.74, 6) is -0.0885. The topological polar surface area (TPSA) is 182 Å². The molecule has 0 bridgehead atoms. The molecule has 0 saturated heterocycles. The fourth-order valence-corrected chi connectivity index (χ4v) is 4.37. The Kier molecular flexibility index (Phi) is 4.46. The van der Waals surface area contributed by atoms with Gasteiger partial charge in [-0.1, -0.05) is 6.07 Å². The van der Waals surface area contributed by atoms with Crippen LogP contribution in [0.15, 0.2) is 36.5 Å². The van der Waals surface area contributed by atoms with E-state index >= 15 is 0 Å². The van der Waals surface area contributed by atoms with E-state index in [0.29, 0.717) is 16.6 Å². The van der Waals surface area contributed by atoms with Gasteiger partial charge < -0.3 is 24.9 Å². The highest BCUT2D eigenvalue weighted by Gasteiger charge is 2.43. The number of benzene rings is 1. The summed E-state index contributed by atoms with van der Waals surface area (Å²) in [7, 11) is -10.2. The van der Waals surface area contributed by atoms with Gasteiger partial charge in [0.2, 0.25) is 5.52 Å². The van der Waals surface area contributed by atoms with Gasteiger partial charge in [0.1, 0.15) is 16.9 Å². The summed E-state index contributed by atoms with van der Waals surface area (Å²) in [5.41, 5.74) is 0.237. The van der Waals surface area contributed by atoms with Crippen LogP contribution in [0, 0.1) is 0 Å². The number of hydrogen-bond acceptors (Lipinski definition) is 6. The third kappa shape index (κ3) is 3.93. The first-order chi connectivity index (χ1) is 11.6. The van der Waals surface area contributed by atoms with Crippen LogP contribution in [0.1, 0.15) is 0 Å². The first kappa shape index (κ1) is 17.7. The number of aromatic nitrogens is 4. The monoisotopic (exact) mass is 385 g/mol. The summed E-state index contributed by atoms with van der Waals surface area (Å²) in [6.07, 6.45) is 1.35. The van der Waals surface area contributed by atoms with Crippen molar-refractivity contribution < 1.29 is 28.7 Å². The molecule has 2 aromatic heterocycles. The zero-order valence-corrected chi connectivity index (χ0v) is 14.2. The van der Waals surface area contributed by atoms with E-state index in [1.54, 1.807) is 24.3 Å². The Morgan fingerprint density at radius 3 is 2.24 bits per heavy atom. The first-order valence-corrected chi connectivity index (χ1v) is 10.1. The number of nitrogens with one attached hydrogen (secondary N) is 2. The summed E-state index contributed by atoms with van der Waals surface area (Å²) in [4.78, 5) is 40.5. The lowest BCUT2D eigenvalue weighted by atomic mass is 10.1. The van der Waals surface area contributed by atoms with Crippen molar-refractivity contribution in [2.75, 3.05) is 5.32 Å². The second kappa shape index (κ2) is 6.30. The van der Waals surface area contributed by atoms with Crippen LogP contribution in [0.25, 0.3) is 22.2 Å². The second-order valence-corrected chi connectivity index (χ2v) is 8.95. The molecule has 0 unspecified atom stereocenters. The molecule has 0 fully saturated rings. The molecule has 0 amide bonds. The van der Waals surface area contributed by atoms with Crippen LogP contribution in [-0.2, 0) is 9.13 Å². The molecule has 0 spiro atoms. The molecule has 0 radical (unpaired) electrons. The average Bonchev–Trinajstić information content (AvgIpc) is 2.98. The number of rotatable bonds is 5. The van der Waals surface area contributed by atoms with Gasteiger partial charge in [-0.05, 0) is 35.4 Å². The highest BCUT2D eigenvalue weighted by molar-refractivity contribution is 7.71. The summed E-state index contributed by atoms with van der Waals surface area (Å²) in [6, 6.07) is 8.28. The van der Waals surface area contributed by atoms with Crippen LogP contribution in [0.4, 0.5) is 5.82 Å². The summed E-state index contributed by atoms with van der Waals surface area (Å²) in [6.45, 7) is 0. The molecule has 3 rings (SSSR count). The van der Waals surface area contributed by atoms with Crippen molar-refractivity contribution in [2.24, 2.45) is 0 Å². The van der Waals surface area contributed by atoms with E-state index in [1.165, 1.54) is 12.3 Å². The van der Waals surface area contributed by atoms with Gasteiger partial charge in [0.05, 0.1) is 0 Å². The van der Waals surface area contributed by atoms with Crippen molar-refractivity contribution in [3.8, 4) is 11.1 Å². The molecule has 2 heterocycles.